The molecule has 1 aromatic heterocycles. The molecule has 152 valence electrons. The Labute approximate surface area is 166 Å². The van der Waals surface area contributed by atoms with Gasteiger partial charge in [-0.05, 0) is 43.5 Å². The normalized spacial score (nSPS) is 19.6. The van der Waals surface area contributed by atoms with Gasteiger partial charge in [0.1, 0.15) is 12.4 Å². The summed E-state index contributed by atoms with van der Waals surface area (Å²) in [5.74, 6) is 1.52. The number of hydrogen-bond donors (Lipinski definition) is 2. The average Bonchev–Trinajstić information content (AvgIpc) is 2.73. The molecule has 2 aromatic rings. The van der Waals surface area contributed by atoms with E-state index in [1.807, 2.05) is 31.2 Å². The molecule has 1 aliphatic heterocycles. The number of aromatic nitrogens is 2. The minimum atomic E-state index is -0.778. The van der Waals surface area contributed by atoms with Gasteiger partial charge in [0.05, 0.1) is 18.8 Å². The second kappa shape index (κ2) is 10.4. The largest absolute Gasteiger partial charge is 0.491 e. The summed E-state index contributed by atoms with van der Waals surface area (Å²) in [6, 6.07) is 9.81. The zero-order valence-electron chi connectivity index (χ0n) is 16.5. The third-order valence-electron chi connectivity index (χ3n) is 4.80. The lowest BCUT2D eigenvalue weighted by molar-refractivity contribution is 0.0256. The van der Waals surface area contributed by atoms with Crippen LogP contribution in [-0.2, 0) is 11.3 Å². The summed E-state index contributed by atoms with van der Waals surface area (Å²) in [5, 5.41) is 14.4. The fourth-order valence-electron chi connectivity index (χ4n) is 3.39. The van der Waals surface area contributed by atoms with Crippen LogP contribution in [0.3, 0.4) is 0 Å². The van der Waals surface area contributed by atoms with Crippen molar-refractivity contribution in [3.8, 4) is 5.75 Å². The molecule has 1 saturated heterocycles. The maximum atomic E-state index is 11.0. The number of hydrogen-bond acceptors (Lipinski definition) is 7. The molecule has 0 radical (unpaired) electrons. The third kappa shape index (κ3) is 6.15. The van der Waals surface area contributed by atoms with Gasteiger partial charge in [-0.25, -0.2) is 9.97 Å². The van der Waals surface area contributed by atoms with E-state index in [1.54, 1.807) is 18.5 Å². The van der Waals surface area contributed by atoms with Crippen LogP contribution in [0, 0.1) is 0 Å². The van der Waals surface area contributed by atoms with Gasteiger partial charge >= 0.3 is 0 Å². The van der Waals surface area contributed by atoms with Crippen LogP contribution in [0.15, 0.2) is 42.7 Å². The van der Waals surface area contributed by atoms with Crippen molar-refractivity contribution in [2.75, 3.05) is 44.4 Å². The topological polar surface area (TPSA) is 79.7 Å². The Morgan fingerprint density at radius 1 is 1.18 bits per heavy atom. The number of benzene rings is 1. The Morgan fingerprint density at radius 3 is 2.71 bits per heavy atom. The van der Waals surface area contributed by atoms with Crippen molar-refractivity contribution >= 4 is 5.95 Å². The highest BCUT2D eigenvalue weighted by Crippen LogP contribution is 2.23. The van der Waals surface area contributed by atoms with Gasteiger partial charge in [0, 0.05) is 38.6 Å². The lowest BCUT2D eigenvalue weighted by atomic mass is 9.93. The monoisotopic (exact) mass is 386 g/mol. The zero-order valence-corrected chi connectivity index (χ0v) is 16.5. The van der Waals surface area contributed by atoms with Crippen LogP contribution in [-0.4, -0.2) is 60.1 Å². The summed E-state index contributed by atoms with van der Waals surface area (Å²) in [6.45, 7) is 6.47. The van der Waals surface area contributed by atoms with Crippen LogP contribution in [0.2, 0.25) is 0 Å². The van der Waals surface area contributed by atoms with Gasteiger partial charge in [0.15, 0.2) is 0 Å². The first kappa shape index (κ1) is 20.5. The second-order valence-corrected chi connectivity index (χ2v) is 7.09. The summed E-state index contributed by atoms with van der Waals surface area (Å²) >= 11 is 0. The highest BCUT2D eigenvalue weighted by atomic mass is 16.5. The SMILES string of the molecule is CCOCCOc1ccc(CNC[C@@]2(O)CCCN(c3ncccn3)C2)cc1. The van der Waals surface area contributed by atoms with Gasteiger partial charge in [-0.15, -0.1) is 0 Å². The fraction of sp³-hybridized carbons (Fsp3) is 0.524. The first-order chi connectivity index (χ1) is 13.7. The van der Waals surface area contributed by atoms with E-state index < -0.39 is 5.60 Å². The number of ether oxygens (including phenoxy) is 2. The molecule has 1 aliphatic rings. The summed E-state index contributed by atoms with van der Waals surface area (Å²) < 4.78 is 10.9. The van der Waals surface area contributed by atoms with E-state index in [4.69, 9.17) is 9.47 Å². The fourth-order valence-corrected chi connectivity index (χ4v) is 3.39. The molecule has 2 heterocycles. The number of nitrogens with one attached hydrogen (secondary N) is 1. The Morgan fingerprint density at radius 2 is 1.96 bits per heavy atom. The molecule has 1 atom stereocenters. The van der Waals surface area contributed by atoms with Crippen LogP contribution in [0.25, 0.3) is 0 Å². The summed E-state index contributed by atoms with van der Waals surface area (Å²) in [6.07, 6.45) is 5.16. The Kier molecular flexibility index (Phi) is 7.59. The number of anilines is 1. The molecular weight excluding hydrogens is 356 g/mol. The van der Waals surface area contributed by atoms with Crippen molar-refractivity contribution in [2.24, 2.45) is 0 Å². The molecule has 0 aliphatic carbocycles. The minimum absolute atomic E-state index is 0.531. The van der Waals surface area contributed by atoms with E-state index in [9.17, 15) is 5.11 Å². The maximum Gasteiger partial charge on any atom is 0.225 e. The quantitative estimate of drug-likeness (QED) is 0.605. The van der Waals surface area contributed by atoms with E-state index >= 15 is 0 Å². The van der Waals surface area contributed by atoms with Gasteiger partial charge in [-0.3, -0.25) is 0 Å². The van der Waals surface area contributed by atoms with E-state index in [0.717, 1.165) is 30.7 Å². The number of nitrogens with zero attached hydrogens (tertiary/aromatic N) is 3. The number of piperidine rings is 1. The molecule has 7 heteroatoms. The van der Waals surface area contributed by atoms with Gasteiger partial charge in [0.2, 0.25) is 5.95 Å². The van der Waals surface area contributed by atoms with E-state index in [-0.39, 0.29) is 0 Å². The standard InChI is InChI=1S/C21H30N4O3/c1-2-27-13-14-28-19-7-5-18(6-8-19)15-22-16-21(26)9-3-12-25(17-21)20-23-10-4-11-24-20/h4-8,10-11,22,26H,2-3,9,12-17H2,1H3/t21-/m0/s1. The van der Waals surface area contributed by atoms with Crippen molar-refractivity contribution in [3.05, 3.63) is 48.3 Å². The molecule has 0 saturated carbocycles. The molecule has 3 rings (SSSR count). The first-order valence-electron chi connectivity index (χ1n) is 9.93. The van der Waals surface area contributed by atoms with Gasteiger partial charge in [-0.1, -0.05) is 12.1 Å². The highest BCUT2D eigenvalue weighted by molar-refractivity contribution is 5.31. The lowest BCUT2D eigenvalue weighted by Gasteiger charge is -2.39. The molecule has 0 amide bonds. The lowest BCUT2D eigenvalue weighted by Crippen LogP contribution is -2.53. The molecule has 7 nitrogen and oxygen atoms in total. The summed E-state index contributed by atoms with van der Waals surface area (Å²) in [5.41, 5.74) is 0.375. The van der Waals surface area contributed by atoms with Crippen molar-refractivity contribution in [1.82, 2.24) is 15.3 Å². The molecule has 1 fully saturated rings. The Hall–Kier alpha value is -2.22. The first-order valence-corrected chi connectivity index (χ1v) is 9.93. The van der Waals surface area contributed by atoms with Gasteiger partial charge < -0.3 is 24.8 Å². The van der Waals surface area contributed by atoms with E-state index in [1.165, 1.54) is 0 Å². The number of β-amino-alcohol motifs (C(OH)–C–C–N with tert-alkyl or cyclic N) is 1. The van der Waals surface area contributed by atoms with Crippen LogP contribution in [0.1, 0.15) is 25.3 Å². The molecule has 2 N–H and O–H groups in total. The molecular formula is C21H30N4O3. The van der Waals surface area contributed by atoms with Crippen molar-refractivity contribution in [1.29, 1.82) is 0 Å². The van der Waals surface area contributed by atoms with E-state index in [0.29, 0.717) is 45.4 Å². The summed E-state index contributed by atoms with van der Waals surface area (Å²) in [4.78, 5) is 10.7. The van der Waals surface area contributed by atoms with Crippen molar-refractivity contribution < 1.29 is 14.6 Å². The Bertz CT molecular complexity index is 699. The van der Waals surface area contributed by atoms with Gasteiger partial charge in [-0.2, -0.15) is 0 Å². The van der Waals surface area contributed by atoms with E-state index in [2.05, 4.69) is 20.2 Å². The molecule has 0 bridgehead atoms. The molecule has 1 aromatic carbocycles. The zero-order chi connectivity index (χ0) is 19.7. The van der Waals surface area contributed by atoms with Crippen LogP contribution in [0.5, 0.6) is 5.75 Å². The second-order valence-electron chi connectivity index (χ2n) is 7.09. The predicted octanol–water partition coefficient (Wildman–Crippen LogP) is 2.01. The van der Waals surface area contributed by atoms with Crippen molar-refractivity contribution in [3.63, 3.8) is 0 Å². The smallest absolute Gasteiger partial charge is 0.225 e. The predicted molar refractivity (Wildman–Crippen MR) is 109 cm³/mol. The van der Waals surface area contributed by atoms with Crippen LogP contribution in [0.4, 0.5) is 5.95 Å². The van der Waals surface area contributed by atoms with Crippen LogP contribution < -0.4 is 15.0 Å². The minimum Gasteiger partial charge on any atom is -0.491 e. The number of rotatable bonds is 10. The highest BCUT2D eigenvalue weighted by Gasteiger charge is 2.33. The maximum absolute atomic E-state index is 11.0. The molecule has 28 heavy (non-hydrogen) atoms. The Balaban J connectivity index is 1.43. The van der Waals surface area contributed by atoms with Crippen LogP contribution >= 0.6 is 0 Å². The summed E-state index contributed by atoms with van der Waals surface area (Å²) in [7, 11) is 0. The molecule has 0 unspecified atom stereocenters. The van der Waals surface area contributed by atoms with Gasteiger partial charge in [0.25, 0.3) is 0 Å². The number of aliphatic hydroxyl groups is 1. The molecule has 0 spiro atoms. The average molecular weight is 386 g/mol. The van der Waals surface area contributed by atoms with Crippen molar-refractivity contribution in [2.45, 2.75) is 31.9 Å². The third-order valence-corrected chi connectivity index (χ3v) is 4.80.